The zero-order chi connectivity index (χ0) is 20.9. The van der Waals surface area contributed by atoms with Crippen LogP contribution in [-0.4, -0.2) is 37.8 Å². The summed E-state index contributed by atoms with van der Waals surface area (Å²) in [4.78, 5) is 24.0. The third-order valence-electron chi connectivity index (χ3n) is 3.67. The number of nitrogens with one attached hydrogen (secondary N) is 2. The number of nitrogens with zero attached hydrogens (tertiary/aromatic N) is 1. The topological polar surface area (TPSA) is 89.0 Å². The lowest BCUT2D eigenvalue weighted by Crippen LogP contribution is -2.34. The van der Waals surface area contributed by atoms with E-state index in [4.69, 9.17) is 9.47 Å². The van der Waals surface area contributed by atoms with Crippen molar-refractivity contribution in [1.29, 1.82) is 0 Å². The molecule has 7 heteroatoms. The third-order valence-corrected chi connectivity index (χ3v) is 3.67. The van der Waals surface area contributed by atoms with Crippen LogP contribution >= 0.6 is 0 Å². The number of ether oxygens (including phenoxy) is 2. The number of carbonyl (C=O) groups excluding carboxylic acids is 2. The molecule has 29 heavy (non-hydrogen) atoms. The quantitative estimate of drug-likeness (QED) is 0.348. The molecule has 152 valence electrons. The van der Waals surface area contributed by atoms with Crippen LogP contribution in [0.15, 0.2) is 66.3 Å². The van der Waals surface area contributed by atoms with Crippen molar-refractivity contribution in [2.45, 2.75) is 13.3 Å². The van der Waals surface area contributed by atoms with Crippen LogP contribution in [-0.2, 0) is 4.79 Å². The van der Waals surface area contributed by atoms with E-state index < -0.39 is 5.91 Å². The molecular formula is C22H25N3O4. The fourth-order valence-corrected chi connectivity index (χ4v) is 2.27. The molecule has 2 aromatic rings. The second kappa shape index (κ2) is 12.0. The van der Waals surface area contributed by atoms with E-state index in [0.29, 0.717) is 35.8 Å². The van der Waals surface area contributed by atoms with Gasteiger partial charge in [0.15, 0.2) is 0 Å². The Morgan fingerprint density at radius 2 is 1.86 bits per heavy atom. The Balaban J connectivity index is 1.80. The zero-order valence-corrected chi connectivity index (χ0v) is 16.4. The maximum atomic E-state index is 12.1. The maximum Gasteiger partial charge on any atom is 0.259 e. The first-order valence-electron chi connectivity index (χ1n) is 9.29. The van der Waals surface area contributed by atoms with Crippen LogP contribution in [0.25, 0.3) is 0 Å². The largest absolute Gasteiger partial charge is 0.494 e. The Morgan fingerprint density at radius 3 is 2.59 bits per heavy atom. The summed E-state index contributed by atoms with van der Waals surface area (Å²) in [6.07, 6.45) is 4.03. The molecule has 0 fully saturated rings. The lowest BCUT2D eigenvalue weighted by molar-refractivity contribution is -0.120. The molecule has 0 spiro atoms. The van der Waals surface area contributed by atoms with Crippen molar-refractivity contribution in [3.05, 3.63) is 72.3 Å². The summed E-state index contributed by atoms with van der Waals surface area (Å²) in [7, 11) is 0. The average Bonchev–Trinajstić information content (AvgIpc) is 2.75. The lowest BCUT2D eigenvalue weighted by atomic mass is 10.2. The molecule has 0 unspecified atom stereocenters. The third kappa shape index (κ3) is 7.50. The standard InChI is InChI=1S/C22H25N3O4/c1-3-13-28-19-11-9-17(10-12-19)22(27)23-16-21(26)25-24-15-18-7-5-6-8-20(18)29-14-4-2/h4-12,15H,2-3,13-14,16H2,1H3,(H,23,27)(H,25,26)/b24-15-. The van der Waals surface area contributed by atoms with Crippen LogP contribution in [0, 0.1) is 0 Å². The van der Waals surface area contributed by atoms with Crippen molar-refractivity contribution < 1.29 is 19.1 Å². The summed E-state index contributed by atoms with van der Waals surface area (Å²) in [6.45, 7) is 6.42. The van der Waals surface area contributed by atoms with Crippen molar-refractivity contribution in [3.63, 3.8) is 0 Å². The molecule has 2 N–H and O–H groups in total. The fourth-order valence-electron chi connectivity index (χ4n) is 2.27. The number of carbonyl (C=O) groups is 2. The predicted molar refractivity (Wildman–Crippen MR) is 112 cm³/mol. The summed E-state index contributed by atoms with van der Waals surface area (Å²) >= 11 is 0. The van der Waals surface area contributed by atoms with Crippen LogP contribution < -0.4 is 20.2 Å². The second-order valence-corrected chi connectivity index (χ2v) is 5.99. The van der Waals surface area contributed by atoms with E-state index in [1.165, 1.54) is 6.21 Å². The molecule has 7 nitrogen and oxygen atoms in total. The molecule has 0 aliphatic heterocycles. The van der Waals surface area contributed by atoms with Gasteiger partial charge >= 0.3 is 0 Å². The van der Waals surface area contributed by atoms with Gasteiger partial charge < -0.3 is 14.8 Å². The van der Waals surface area contributed by atoms with E-state index in [1.807, 2.05) is 25.1 Å². The molecule has 0 radical (unpaired) electrons. The Bertz CT molecular complexity index is 847. The highest BCUT2D eigenvalue weighted by Crippen LogP contribution is 2.15. The average molecular weight is 395 g/mol. The molecule has 2 aromatic carbocycles. The van der Waals surface area contributed by atoms with Crippen LogP contribution in [0.2, 0.25) is 0 Å². The van der Waals surface area contributed by atoms with Crippen LogP contribution in [0.5, 0.6) is 11.5 Å². The SMILES string of the molecule is C=CCOc1ccccc1/C=N\NC(=O)CNC(=O)c1ccc(OCCC)cc1. The predicted octanol–water partition coefficient (Wildman–Crippen LogP) is 2.92. The molecule has 0 aliphatic rings. The van der Waals surface area contributed by atoms with E-state index in [1.54, 1.807) is 36.4 Å². The molecule has 0 atom stereocenters. The summed E-state index contributed by atoms with van der Waals surface area (Å²) < 4.78 is 11.0. The van der Waals surface area contributed by atoms with Gasteiger partial charge in [-0.25, -0.2) is 5.43 Å². The first kappa shape index (κ1) is 21.7. The van der Waals surface area contributed by atoms with Gasteiger partial charge in [-0.05, 0) is 42.8 Å². The van der Waals surface area contributed by atoms with Crippen molar-refractivity contribution in [2.75, 3.05) is 19.8 Å². The number of amides is 2. The highest BCUT2D eigenvalue weighted by molar-refractivity contribution is 5.96. The summed E-state index contributed by atoms with van der Waals surface area (Å²) in [6, 6.07) is 14.0. The van der Waals surface area contributed by atoms with Crippen molar-refractivity contribution >= 4 is 18.0 Å². The van der Waals surface area contributed by atoms with E-state index in [-0.39, 0.29) is 12.5 Å². The Hall–Kier alpha value is -3.61. The maximum absolute atomic E-state index is 12.1. The first-order valence-corrected chi connectivity index (χ1v) is 9.29. The highest BCUT2D eigenvalue weighted by Gasteiger charge is 2.08. The number of para-hydroxylation sites is 1. The number of hydrogen-bond acceptors (Lipinski definition) is 5. The van der Waals surface area contributed by atoms with Gasteiger partial charge in [0.1, 0.15) is 18.1 Å². The molecule has 0 heterocycles. The van der Waals surface area contributed by atoms with Gasteiger partial charge in [0.25, 0.3) is 11.8 Å². The van der Waals surface area contributed by atoms with E-state index in [9.17, 15) is 9.59 Å². The van der Waals surface area contributed by atoms with Crippen molar-refractivity contribution in [2.24, 2.45) is 5.10 Å². The smallest absolute Gasteiger partial charge is 0.259 e. The van der Waals surface area contributed by atoms with Gasteiger partial charge in [-0.15, -0.1) is 0 Å². The number of rotatable bonds is 11. The molecule has 0 aromatic heterocycles. The van der Waals surface area contributed by atoms with Crippen LogP contribution in [0.3, 0.4) is 0 Å². The van der Waals surface area contributed by atoms with Gasteiger partial charge in [-0.2, -0.15) is 5.10 Å². The summed E-state index contributed by atoms with van der Waals surface area (Å²) in [5.41, 5.74) is 3.53. The molecule has 0 bridgehead atoms. The molecule has 2 amide bonds. The van der Waals surface area contributed by atoms with E-state index in [2.05, 4.69) is 22.4 Å². The van der Waals surface area contributed by atoms with Crippen LogP contribution in [0.4, 0.5) is 0 Å². The Kier molecular flexibility index (Phi) is 8.95. The summed E-state index contributed by atoms with van der Waals surface area (Å²) in [5, 5.41) is 6.45. The van der Waals surface area contributed by atoms with E-state index >= 15 is 0 Å². The van der Waals surface area contributed by atoms with Gasteiger partial charge in [0.05, 0.1) is 19.4 Å². The van der Waals surface area contributed by atoms with Gasteiger partial charge in [-0.1, -0.05) is 31.7 Å². The number of hydrazone groups is 1. The molecule has 0 saturated carbocycles. The lowest BCUT2D eigenvalue weighted by Gasteiger charge is -2.07. The van der Waals surface area contributed by atoms with Gasteiger partial charge in [0, 0.05) is 11.1 Å². The van der Waals surface area contributed by atoms with Crippen LogP contribution in [0.1, 0.15) is 29.3 Å². The number of hydrogen-bond donors (Lipinski definition) is 2. The molecular weight excluding hydrogens is 370 g/mol. The monoisotopic (exact) mass is 395 g/mol. The molecule has 0 aliphatic carbocycles. The molecule has 0 saturated heterocycles. The van der Waals surface area contributed by atoms with E-state index in [0.717, 1.165) is 6.42 Å². The molecule has 2 rings (SSSR count). The van der Waals surface area contributed by atoms with Crippen molar-refractivity contribution in [1.82, 2.24) is 10.7 Å². The Morgan fingerprint density at radius 1 is 1.10 bits per heavy atom. The van der Waals surface area contributed by atoms with Crippen molar-refractivity contribution in [3.8, 4) is 11.5 Å². The highest BCUT2D eigenvalue weighted by atomic mass is 16.5. The minimum atomic E-state index is -0.443. The minimum Gasteiger partial charge on any atom is -0.494 e. The van der Waals surface area contributed by atoms with Gasteiger partial charge in [0.2, 0.25) is 0 Å². The number of benzene rings is 2. The first-order chi connectivity index (χ1) is 14.1. The fraction of sp³-hybridized carbons (Fsp3) is 0.227. The summed E-state index contributed by atoms with van der Waals surface area (Å²) in [5.74, 6) is 0.536. The Labute approximate surface area is 170 Å². The normalized spacial score (nSPS) is 10.4. The van der Waals surface area contributed by atoms with Gasteiger partial charge in [-0.3, -0.25) is 9.59 Å². The zero-order valence-electron chi connectivity index (χ0n) is 16.4. The minimum absolute atomic E-state index is 0.196. The second-order valence-electron chi connectivity index (χ2n) is 5.99.